The van der Waals surface area contributed by atoms with Gasteiger partial charge in [0.05, 0.1) is 6.54 Å². The van der Waals surface area contributed by atoms with Gasteiger partial charge in [-0.15, -0.1) is 0 Å². The number of likely N-dealkylation sites (N-methyl/N-ethyl adjacent to an activating group) is 2. The molecule has 1 aliphatic rings. The number of hydrogen-bond donors (Lipinski definition) is 1. The first kappa shape index (κ1) is 22.5. The highest BCUT2D eigenvalue weighted by Crippen LogP contribution is 2.08. The van der Waals surface area contributed by atoms with Crippen LogP contribution in [0.1, 0.15) is 20.8 Å². The molecular weight excluding hydrogens is 350 g/mol. The van der Waals surface area contributed by atoms with Gasteiger partial charge in [0.25, 0.3) is 0 Å². The van der Waals surface area contributed by atoms with Crippen molar-refractivity contribution in [2.45, 2.75) is 20.8 Å². The second kappa shape index (κ2) is 12.6. The van der Waals surface area contributed by atoms with Crippen molar-refractivity contribution < 1.29 is 4.74 Å². The van der Waals surface area contributed by atoms with Gasteiger partial charge in [-0.3, -0.25) is 4.99 Å². The Morgan fingerprint density at radius 2 is 1.82 bits per heavy atom. The minimum absolute atomic E-state index is 0.552. The maximum absolute atomic E-state index is 5.81. The Kier molecular flexibility index (Phi) is 10.1. The number of piperazine rings is 1. The van der Waals surface area contributed by atoms with E-state index in [9.17, 15) is 0 Å². The van der Waals surface area contributed by atoms with E-state index in [1.54, 1.807) is 0 Å². The van der Waals surface area contributed by atoms with Crippen LogP contribution in [-0.4, -0.2) is 93.2 Å². The van der Waals surface area contributed by atoms with Gasteiger partial charge in [-0.25, -0.2) is 0 Å². The van der Waals surface area contributed by atoms with Gasteiger partial charge in [0.1, 0.15) is 12.4 Å². The molecule has 1 aliphatic heterocycles. The van der Waals surface area contributed by atoms with Crippen LogP contribution >= 0.6 is 0 Å². The third-order valence-corrected chi connectivity index (χ3v) is 5.17. The van der Waals surface area contributed by atoms with Gasteiger partial charge in [-0.1, -0.05) is 32.0 Å². The van der Waals surface area contributed by atoms with E-state index in [0.29, 0.717) is 12.5 Å². The molecule has 158 valence electrons. The van der Waals surface area contributed by atoms with Gasteiger partial charge in [0, 0.05) is 52.9 Å². The van der Waals surface area contributed by atoms with Crippen molar-refractivity contribution in [1.82, 2.24) is 20.0 Å². The Hall–Kier alpha value is -1.79. The number of rotatable bonds is 10. The van der Waals surface area contributed by atoms with E-state index in [2.05, 4.69) is 47.8 Å². The molecule has 1 N–H and O–H groups in total. The number of ether oxygens (including phenoxy) is 1. The summed E-state index contributed by atoms with van der Waals surface area (Å²) in [4.78, 5) is 12.1. The quantitative estimate of drug-likeness (QED) is 0.491. The zero-order chi connectivity index (χ0) is 20.2. The third kappa shape index (κ3) is 8.07. The molecule has 0 aliphatic carbocycles. The number of aliphatic imine (C=N–C) groups is 1. The van der Waals surface area contributed by atoms with Crippen LogP contribution in [0.3, 0.4) is 0 Å². The molecule has 6 nitrogen and oxygen atoms in total. The fourth-order valence-corrected chi connectivity index (χ4v) is 3.42. The summed E-state index contributed by atoms with van der Waals surface area (Å²) in [6, 6.07) is 9.96. The summed E-state index contributed by atoms with van der Waals surface area (Å²) in [5.41, 5.74) is 0. The Bertz CT molecular complexity index is 557. The smallest absolute Gasteiger partial charge is 0.193 e. The Morgan fingerprint density at radius 1 is 1.14 bits per heavy atom. The van der Waals surface area contributed by atoms with Crippen LogP contribution < -0.4 is 10.1 Å². The first-order valence-corrected chi connectivity index (χ1v) is 10.7. The molecule has 2 rings (SSSR count). The van der Waals surface area contributed by atoms with E-state index in [1.807, 2.05) is 30.3 Å². The maximum Gasteiger partial charge on any atom is 0.193 e. The van der Waals surface area contributed by atoms with Crippen molar-refractivity contribution in [1.29, 1.82) is 0 Å². The van der Waals surface area contributed by atoms with Crippen LogP contribution in [0.15, 0.2) is 35.3 Å². The molecule has 1 atom stereocenters. The molecule has 0 bridgehead atoms. The normalized spacial score (nSPS) is 17.4. The first-order chi connectivity index (χ1) is 13.6. The molecule has 1 aromatic rings. The average molecular weight is 390 g/mol. The van der Waals surface area contributed by atoms with Gasteiger partial charge in [-0.05, 0) is 31.5 Å². The van der Waals surface area contributed by atoms with E-state index in [0.717, 1.165) is 37.9 Å². The number of guanidine groups is 1. The van der Waals surface area contributed by atoms with Gasteiger partial charge in [-0.2, -0.15) is 0 Å². The summed E-state index contributed by atoms with van der Waals surface area (Å²) in [6.45, 7) is 16.9. The van der Waals surface area contributed by atoms with Crippen LogP contribution in [0.4, 0.5) is 0 Å². The lowest BCUT2D eigenvalue weighted by Gasteiger charge is -2.35. The van der Waals surface area contributed by atoms with E-state index < -0.39 is 0 Å². The van der Waals surface area contributed by atoms with Gasteiger partial charge < -0.3 is 24.8 Å². The Morgan fingerprint density at radius 3 is 2.46 bits per heavy atom. The van der Waals surface area contributed by atoms with Crippen LogP contribution in [0.2, 0.25) is 0 Å². The van der Waals surface area contributed by atoms with Gasteiger partial charge in [0.15, 0.2) is 5.96 Å². The summed E-state index contributed by atoms with van der Waals surface area (Å²) in [5.74, 6) is 2.42. The molecule has 6 heteroatoms. The molecule has 28 heavy (non-hydrogen) atoms. The summed E-state index contributed by atoms with van der Waals surface area (Å²) in [5, 5.41) is 3.40. The Balaban J connectivity index is 1.75. The van der Waals surface area contributed by atoms with Crippen LogP contribution in [0.25, 0.3) is 0 Å². The SMILES string of the molecule is CCNC(=NCC(C)CN1CCN(CC)CC1)N(C)CCOc1ccccc1. The summed E-state index contributed by atoms with van der Waals surface area (Å²) >= 11 is 0. The second-order valence-electron chi connectivity index (χ2n) is 7.62. The minimum Gasteiger partial charge on any atom is -0.492 e. The predicted molar refractivity (Wildman–Crippen MR) is 118 cm³/mol. The van der Waals surface area contributed by atoms with Crippen molar-refractivity contribution in [3.63, 3.8) is 0 Å². The number of hydrogen-bond acceptors (Lipinski definition) is 4. The molecule has 0 amide bonds. The highest BCUT2D eigenvalue weighted by molar-refractivity contribution is 5.79. The monoisotopic (exact) mass is 389 g/mol. The molecule has 1 heterocycles. The first-order valence-electron chi connectivity index (χ1n) is 10.7. The van der Waals surface area contributed by atoms with Crippen molar-refractivity contribution in [3.05, 3.63) is 30.3 Å². The summed E-state index contributed by atoms with van der Waals surface area (Å²) in [6.07, 6.45) is 0. The number of nitrogens with zero attached hydrogens (tertiary/aromatic N) is 4. The summed E-state index contributed by atoms with van der Waals surface area (Å²) < 4.78 is 5.81. The molecular formula is C22H39N5O. The number of benzene rings is 1. The van der Waals surface area contributed by atoms with E-state index in [-0.39, 0.29) is 0 Å². The van der Waals surface area contributed by atoms with Crippen LogP contribution in [0, 0.1) is 5.92 Å². The van der Waals surface area contributed by atoms with E-state index in [4.69, 9.17) is 9.73 Å². The number of para-hydroxylation sites is 1. The zero-order valence-corrected chi connectivity index (χ0v) is 18.2. The highest BCUT2D eigenvalue weighted by Gasteiger charge is 2.17. The lowest BCUT2D eigenvalue weighted by Crippen LogP contribution is -2.47. The van der Waals surface area contributed by atoms with Crippen LogP contribution in [0.5, 0.6) is 5.75 Å². The molecule has 0 radical (unpaired) electrons. The molecule has 0 spiro atoms. The Labute approximate surface area is 171 Å². The van der Waals surface area contributed by atoms with E-state index >= 15 is 0 Å². The zero-order valence-electron chi connectivity index (χ0n) is 18.2. The fraction of sp³-hybridized carbons (Fsp3) is 0.682. The lowest BCUT2D eigenvalue weighted by molar-refractivity contribution is 0.125. The van der Waals surface area contributed by atoms with E-state index in [1.165, 1.54) is 32.7 Å². The summed E-state index contributed by atoms with van der Waals surface area (Å²) in [7, 11) is 2.07. The standard InChI is InChI=1S/C22H39N5O/c1-5-23-22(25(4)16-17-28-21-10-8-7-9-11-21)24-18-20(3)19-27-14-12-26(6-2)13-15-27/h7-11,20H,5-6,12-19H2,1-4H3,(H,23,24). The maximum atomic E-state index is 5.81. The van der Waals surface area contributed by atoms with Gasteiger partial charge in [0.2, 0.25) is 0 Å². The highest BCUT2D eigenvalue weighted by atomic mass is 16.5. The molecule has 1 aromatic carbocycles. The van der Waals surface area contributed by atoms with Crippen molar-refractivity contribution in [3.8, 4) is 5.75 Å². The molecule has 1 saturated heterocycles. The van der Waals surface area contributed by atoms with Crippen molar-refractivity contribution >= 4 is 5.96 Å². The predicted octanol–water partition coefficient (Wildman–Crippen LogP) is 2.24. The average Bonchev–Trinajstić information content (AvgIpc) is 2.72. The van der Waals surface area contributed by atoms with Gasteiger partial charge >= 0.3 is 0 Å². The molecule has 0 aromatic heterocycles. The molecule has 1 unspecified atom stereocenters. The largest absolute Gasteiger partial charge is 0.492 e. The number of nitrogens with one attached hydrogen (secondary N) is 1. The lowest BCUT2D eigenvalue weighted by atomic mass is 10.1. The minimum atomic E-state index is 0.552. The molecule has 0 saturated carbocycles. The second-order valence-corrected chi connectivity index (χ2v) is 7.62. The van der Waals surface area contributed by atoms with Crippen molar-refractivity contribution in [2.75, 3.05) is 72.6 Å². The molecule has 1 fully saturated rings. The topological polar surface area (TPSA) is 43.3 Å². The third-order valence-electron chi connectivity index (χ3n) is 5.17. The van der Waals surface area contributed by atoms with Crippen LogP contribution in [-0.2, 0) is 0 Å². The fourth-order valence-electron chi connectivity index (χ4n) is 3.42. The van der Waals surface area contributed by atoms with Crippen molar-refractivity contribution in [2.24, 2.45) is 10.9 Å².